The molecule has 5 fully saturated rings. The van der Waals surface area contributed by atoms with E-state index in [0.717, 1.165) is 17.8 Å². The number of hydrogen-bond acceptors (Lipinski definition) is 0. The molecule has 5 aliphatic rings. The summed E-state index contributed by atoms with van der Waals surface area (Å²) in [6, 6.07) is 0. The Morgan fingerprint density at radius 3 is 1.03 bits per heavy atom. The monoisotopic (exact) mass is 426 g/mol. The van der Waals surface area contributed by atoms with E-state index in [9.17, 15) is 0 Å². The highest BCUT2D eigenvalue weighted by Crippen LogP contribution is 3.11. The van der Waals surface area contributed by atoms with Gasteiger partial charge < -0.3 is 0 Å². The van der Waals surface area contributed by atoms with E-state index in [4.69, 9.17) is 0 Å². The Morgan fingerprint density at radius 1 is 0.355 bits per heavy atom. The van der Waals surface area contributed by atoms with Gasteiger partial charge in [0, 0.05) is 0 Å². The molecule has 0 aliphatic heterocycles. The van der Waals surface area contributed by atoms with Gasteiger partial charge in [0.15, 0.2) is 0 Å². The molecule has 0 aromatic carbocycles. The smallest absolute Gasteiger partial charge is 0.0134 e. The Labute approximate surface area is 195 Å². The van der Waals surface area contributed by atoms with Crippen LogP contribution in [0.1, 0.15) is 118 Å². The second-order valence-corrected chi connectivity index (χ2v) is 16.5. The van der Waals surface area contributed by atoms with Crippen LogP contribution in [0.25, 0.3) is 0 Å². The van der Waals surface area contributed by atoms with Crippen LogP contribution in [0.15, 0.2) is 0 Å². The van der Waals surface area contributed by atoms with Crippen molar-refractivity contribution in [1.29, 1.82) is 0 Å². The predicted molar refractivity (Wildman–Crippen MR) is 134 cm³/mol. The van der Waals surface area contributed by atoms with Crippen LogP contribution in [0.2, 0.25) is 0 Å². The summed E-state index contributed by atoms with van der Waals surface area (Å²) in [7, 11) is 0. The molecule has 0 bridgehead atoms. The van der Waals surface area contributed by atoms with Gasteiger partial charge in [-0.05, 0) is 77.3 Å². The lowest BCUT2D eigenvalue weighted by Crippen LogP contribution is -3.06. The minimum absolute atomic E-state index is 0.256. The van der Waals surface area contributed by atoms with E-state index >= 15 is 0 Å². The molecule has 31 heavy (non-hydrogen) atoms. The van der Waals surface area contributed by atoms with Crippen LogP contribution in [-0.4, -0.2) is 0 Å². The van der Waals surface area contributed by atoms with Crippen molar-refractivity contribution in [2.24, 2.45) is 77.3 Å². The first-order valence-electron chi connectivity index (χ1n) is 13.5. The first kappa shape index (κ1) is 22.8. The van der Waals surface area contributed by atoms with Crippen molar-refractivity contribution in [3.05, 3.63) is 0 Å². The lowest BCUT2D eigenvalue weighted by atomic mass is 8.94. The van der Waals surface area contributed by atoms with E-state index in [-0.39, 0.29) is 10.8 Å². The second kappa shape index (κ2) is 4.49. The molecule has 5 saturated carbocycles. The van der Waals surface area contributed by atoms with Gasteiger partial charge in [-0.2, -0.15) is 0 Å². The molecule has 5 rings (SSSR count). The van der Waals surface area contributed by atoms with Crippen LogP contribution in [0.4, 0.5) is 0 Å². The van der Waals surface area contributed by atoms with E-state index in [1.54, 1.807) is 0 Å². The highest BCUT2D eigenvalue weighted by Gasteiger charge is 3.07. The number of hydrogen-bond donors (Lipinski definition) is 0. The van der Waals surface area contributed by atoms with Gasteiger partial charge in [0.2, 0.25) is 0 Å². The normalized spacial score (nSPS) is 70.9. The predicted octanol–water partition coefficient (Wildman–Crippen LogP) is 9.09. The van der Waals surface area contributed by atoms with Crippen LogP contribution in [-0.2, 0) is 0 Å². The fourth-order valence-corrected chi connectivity index (χ4v) is 16.1. The molecular formula is C31H54. The molecule has 0 nitrogen and oxygen atoms in total. The van der Waals surface area contributed by atoms with Crippen LogP contribution in [0.5, 0.6) is 0 Å². The Hall–Kier alpha value is 0. The van der Waals surface area contributed by atoms with E-state index in [1.807, 2.05) is 0 Å². The van der Waals surface area contributed by atoms with Gasteiger partial charge in [-0.1, -0.05) is 118 Å². The number of fused-ring (bicyclic) bond motifs is 8. The molecule has 0 heteroatoms. The molecule has 0 aromatic heterocycles. The first-order valence-corrected chi connectivity index (χ1v) is 13.5. The van der Waals surface area contributed by atoms with Gasteiger partial charge in [0.05, 0.1) is 0 Å². The maximum atomic E-state index is 2.78. The summed E-state index contributed by atoms with van der Waals surface area (Å²) < 4.78 is 0. The first-order chi connectivity index (χ1) is 13.5. The maximum absolute atomic E-state index is 2.78. The topological polar surface area (TPSA) is 0 Å². The van der Waals surface area contributed by atoms with E-state index in [2.05, 4.69) is 118 Å². The summed E-state index contributed by atoms with van der Waals surface area (Å²) >= 11 is 0. The highest BCUT2D eigenvalue weighted by atomic mass is 15.1. The fourth-order valence-electron chi connectivity index (χ4n) is 16.1. The largest absolute Gasteiger partial charge is 0.0617 e. The Morgan fingerprint density at radius 2 is 0.677 bits per heavy atom. The van der Waals surface area contributed by atoms with Crippen LogP contribution >= 0.6 is 0 Å². The molecule has 0 spiro atoms. The van der Waals surface area contributed by atoms with Crippen LogP contribution in [0.3, 0.4) is 0 Å². The third-order valence-electron chi connectivity index (χ3n) is 19.1. The summed E-state index contributed by atoms with van der Waals surface area (Å²) in [5, 5.41) is 0. The van der Waals surface area contributed by atoms with Gasteiger partial charge in [-0.3, -0.25) is 0 Å². The van der Waals surface area contributed by atoms with Crippen molar-refractivity contribution >= 4 is 0 Å². The number of rotatable bonds is 0. The average molecular weight is 427 g/mol. The minimum Gasteiger partial charge on any atom is -0.0617 e. The van der Waals surface area contributed by atoms with Crippen molar-refractivity contribution in [3.8, 4) is 0 Å². The van der Waals surface area contributed by atoms with Gasteiger partial charge in [-0.15, -0.1) is 0 Å². The SMILES string of the molecule is CC1C(C)(C)C2(C)C(C)(C)C3(C)C(C)(C(C)(C)C12C)C1(C)C2(C)C(C)C(C)C2(C)C31C. The van der Waals surface area contributed by atoms with Crippen molar-refractivity contribution < 1.29 is 0 Å². The van der Waals surface area contributed by atoms with E-state index < -0.39 is 0 Å². The lowest BCUT2D eigenvalue weighted by molar-refractivity contribution is -0.636. The molecule has 0 amide bonds. The third kappa shape index (κ3) is 1.12. The van der Waals surface area contributed by atoms with Crippen molar-refractivity contribution in [3.63, 3.8) is 0 Å². The highest BCUT2D eigenvalue weighted by molar-refractivity contribution is 5.54. The fraction of sp³-hybridized carbons (Fsp3) is 1.00. The zero-order chi connectivity index (χ0) is 24.2. The molecule has 11 unspecified atom stereocenters. The van der Waals surface area contributed by atoms with E-state index in [0.29, 0.717) is 48.7 Å². The summed E-state index contributed by atoms with van der Waals surface area (Å²) in [6.07, 6.45) is 0. The van der Waals surface area contributed by atoms with Crippen LogP contribution < -0.4 is 0 Å². The molecule has 11 atom stereocenters. The Kier molecular flexibility index (Phi) is 3.30. The van der Waals surface area contributed by atoms with Gasteiger partial charge >= 0.3 is 0 Å². The Balaban J connectivity index is 1.90. The molecule has 0 aromatic rings. The summed E-state index contributed by atoms with van der Waals surface area (Å²) in [6.45, 7) is 45.7. The molecule has 0 radical (unpaired) electrons. The molecule has 0 heterocycles. The lowest BCUT2D eigenvalue weighted by Gasteiger charge is -3.10. The molecule has 0 saturated heterocycles. The molecular weight excluding hydrogens is 372 g/mol. The minimum atomic E-state index is 0.256. The molecule has 5 aliphatic carbocycles. The summed E-state index contributed by atoms with van der Waals surface area (Å²) in [5.41, 5.74) is 3.69. The average Bonchev–Trinajstić information content (AvgIpc) is 2.70. The maximum Gasteiger partial charge on any atom is -0.0134 e. The zero-order valence-electron chi connectivity index (χ0n) is 24.2. The van der Waals surface area contributed by atoms with Crippen molar-refractivity contribution in [2.45, 2.75) is 118 Å². The Bertz CT molecular complexity index is 922. The van der Waals surface area contributed by atoms with Crippen molar-refractivity contribution in [2.75, 3.05) is 0 Å². The molecule has 0 N–H and O–H groups in total. The molecule has 178 valence electrons. The van der Waals surface area contributed by atoms with Gasteiger partial charge in [-0.25, -0.2) is 0 Å². The van der Waals surface area contributed by atoms with E-state index in [1.165, 1.54) is 0 Å². The third-order valence-corrected chi connectivity index (χ3v) is 19.1. The van der Waals surface area contributed by atoms with Crippen molar-refractivity contribution in [1.82, 2.24) is 0 Å². The standard InChI is InChI=1S/C31H54/c1-18-19(2)25(11)24(18,10)30(16)28(14)22(6,7)26(12)20(3)21(4,5)27(26,13)23(8,9)29(28,15)31(25,30)17/h18-20H,1-17H3. The summed E-state index contributed by atoms with van der Waals surface area (Å²) in [5.74, 6) is 2.35. The summed E-state index contributed by atoms with van der Waals surface area (Å²) in [4.78, 5) is 0. The second-order valence-electron chi connectivity index (χ2n) is 16.5. The van der Waals surface area contributed by atoms with Crippen LogP contribution in [0, 0.1) is 77.3 Å². The quantitative estimate of drug-likeness (QED) is 0.362. The van der Waals surface area contributed by atoms with Gasteiger partial charge in [0.1, 0.15) is 0 Å². The zero-order valence-corrected chi connectivity index (χ0v) is 24.2. The van der Waals surface area contributed by atoms with Gasteiger partial charge in [0.25, 0.3) is 0 Å².